The van der Waals surface area contributed by atoms with E-state index in [0.29, 0.717) is 0 Å². The van der Waals surface area contributed by atoms with Crippen LogP contribution in [0.25, 0.3) is 5.82 Å². The quantitative estimate of drug-likeness (QED) is 0.734. The standard InChI is InChI=1S/C7H5IN4/c8-6-1-2-9-7(5-6)12-10-3-4-11-12/h1-5H. The summed E-state index contributed by atoms with van der Waals surface area (Å²) >= 11 is 2.22. The normalized spacial score (nSPS) is 10.1. The summed E-state index contributed by atoms with van der Waals surface area (Å²) in [5.74, 6) is 0.743. The first-order valence-electron chi connectivity index (χ1n) is 3.34. The largest absolute Gasteiger partial charge is 0.236 e. The van der Waals surface area contributed by atoms with Crippen LogP contribution in [0.4, 0.5) is 0 Å². The van der Waals surface area contributed by atoms with Gasteiger partial charge in [-0.2, -0.15) is 10.2 Å². The molecule has 0 fully saturated rings. The fraction of sp³-hybridized carbons (Fsp3) is 0. The van der Waals surface area contributed by atoms with Gasteiger partial charge < -0.3 is 0 Å². The average Bonchev–Trinajstić information content (AvgIpc) is 2.56. The molecule has 2 aromatic rings. The van der Waals surface area contributed by atoms with E-state index in [9.17, 15) is 0 Å². The lowest BCUT2D eigenvalue weighted by molar-refractivity contribution is 0.728. The Balaban J connectivity index is 2.48. The summed E-state index contributed by atoms with van der Waals surface area (Å²) in [7, 11) is 0. The summed E-state index contributed by atoms with van der Waals surface area (Å²) in [5.41, 5.74) is 0. The molecule has 2 aromatic heterocycles. The third kappa shape index (κ3) is 1.45. The van der Waals surface area contributed by atoms with Crippen molar-refractivity contribution < 1.29 is 0 Å². The SMILES string of the molecule is Ic1ccnc(-n2nccn2)c1. The van der Waals surface area contributed by atoms with E-state index in [1.165, 1.54) is 4.80 Å². The molecule has 2 rings (SSSR count). The lowest BCUT2D eigenvalue weighted by Gasteiger charge is -1.96. The predicted molar refractivity (Wildman–Crippen MR) is 51.9 cm³/mol. The second-order valence-electron chi connectivity index (χ2n) is 2.15. The molecule has 0 N–H and O–H groups in total. The van der Waals surface area contributed by atoms with E-state index in [4.69, 9.17) is 0 Å². The zero-order valence-corrected chi connectivity index (χ0v) is 8.21. The minimum absolute atomic E-state index is 0.743. The maximum Gasteiger partial charge on any atom is 0.175 e. The molecule has 0 saturated carbocycles. The van der Waals surface area contributed by atoms with Crippen LogP contribution in [0.15, 0.2) is 30.7 Å². The number of nitrogens with zero attached hydrogens (tertiary/aromatic N) is 4. The first-order chi connectivity index (χ1) is 5.86. The van der Waals surface area contributed by atoms with Crippen LogP contribution in [0.3, 0.4) is 0 Å². The highest BCUT2D eigenvalue weighted by atomic mass is 127. The Morgan fingerprint density at radius 1 is 1.17 bits per heavy atom. The number of halogens is 1. The van der Waals surface area contributed by atoms with Gasteiger partial charge in [-0.25, -0.2) is 4.98 Å². The highest BCUT2D eigenvalue weighted by molar-refractivity contribution is 14.1. The monoisotopic (exact) mass is 272 g/mol. The van der Waals surface area contributed by atoms with Crippen LogP contribution >= 0.6 is 22.6 Å². The minimum atomic E-state index is 0.743. The van der Waals surface area contributed by atoms with Gasteiger partial charge in [0.2, 0.25) is 0 Å². The van der Waals surface area contributed by atoms with E-state index in [0.717, 1.165) is 9.39 Å². The minimum Gasteiger partial charge on any atom is -0.236 e. The molecule has 0 bridgehead atoms. The Bertz CT molecular complexity index is 371. The van der Waals surface area contributed by atoms with Crippen LogP contribution in [0.5, 0.6) is 0 Å². The van der Waals surface area contributed by atoms with Gasteiger partial charge in [-0.15, -0.1) is 4.80 Å². The van der Waals surface area contributed by atoms with Gasteiger partial charge in [0.1, 0.15) is 0 Å². The Morgan fingerprint density at radius 2 is 1.92 bits per heavy atom. The lowest BCUT2D eigenvalue weighted by Crippen LogP contribution is -2.00. The third-order valence-corrected chi connectivity index (χ3v) is 2.00. The van der Waals surface area contributed by atoms with Crippen molar-refractivity contribution in [1.82, 2.24) is 20.0 Å². The number of pyridine rings is 1. The Hall–Kier alpha value is -0.980. The van der Waals surface area contributed by atoms with Crippen molar-refractivity contribution in [1.29, 1.82) is 0 Å². The molecule has 0 radical (unpaired) electrons. The topological polar surface area (TPSA) is 43.6 Å². The van der Waals surface area contributed by atoms with Gasteiger partial charge in [-0.05, 0) is 34.7 Å². The summed E-state index contributed by atoms with van der Waals surface area (Å²) in [6.45, 7) is 0. The van der Waals surface area contributed by atoms with Gasteiger partial charge >= 0.3 is 0 Å². The second kappa shape index (κ2) is 3.18. The third-order valence-electron chi connectivity index (χ3n) is 1.33. The van der Waals surface area contributed by atoms with Crippen molar-refractivity contribution >= 4 is 22.6 Å². The highest BCUT2D eigenvalue weighted by Crippen LogP contribution is 2.06. The summed E-state index contributed by atoms with van der Waals surface area (Å²) in [5, 5.41) is 7.93. The van der Waals surface area contributed by atoms with E-state index < -0.39 is 0 Å². The molecule has 60 valence electrons. The summed E-state index contributed by atoms with van der Waals surface area (Å²) < 4.78 is 1.12. The summed E-state index contributed by atoms with van der Waals surface area (Å²) in [4.78, 5) is 5.60. The zero-order chi connectivity index (χ0) is 8.39. The Kier molecular flexibility index (Phi) is 2.03. The van der Waals surface area contributed by atoms with Crippen molar-refractivity contribution in [3.05, 3.63) is 34.3 Å². The molecule has 12 heavy (non-hydrogen) atoms. The Labute approximate surface area is 82.8 Å². The van der Waals surface area contributed by atoms with Crippen molar-refractivity contribution in [3.8, 4) is 5.82 Å². The number of hydrogen-bond donors (Lipinski definition) is 0. The van der Waals surface area contributed by atoms with Crippen molar-refractivity contribution in [2.45, 2.75) is 0 Å². The molecule has 0 unspecified atom stereocenters. The number of aromatic nitrogens is 4. The molecule has 0 aliphatic heterocycles. The van der Waals surface area contributed by atoms with Crippen LogP contribution in [-0.4, -0.2) is 20.0 Å². The van der Waals surface area contributed by atoms with Crippen LogP contribution in [-0.2, 0) is 0 Å². The van der Waals surface area contributed by atoms with Crippen molar-refractivity contribution in [3.63, 3.8) is 0 Å². The molecular weight excluding hydrogens is 267 g/mol. The van der Waals surface area contributed by atoms with Gasteiger partial charge in [0, 0.05) is 9.77 Å². The van der Waals surface area contributed by atoms with E-state index in [1.807, 2.05) is 12.1 Å². The van der Waals surface area contributed by atoms with Gasteiger partial charge in [0.15, 0.2) is 5.82 Å². The van der Waals surface area contributed by atoms with E-state index in [2.05, 4.69) is 37.8 Å². The number of hydrogen-bond acceptors (Lipinski definition) is 3. The first-order valence-corrected chi connectivity index (χ1v) is 4.42. The van der Waals surface area contributed by atoms with Crippen LogP contribution in [0, 0.1) is 3.57 Å². The molecule has 5 heteroatoms. The predicted octanol–water partition coefficient (Wildman–Crippen LogP) is 1.27. The maximum atomic E-state index is 4.12. The van der Waals surface area contributed by atoms with Gasteiger partial charge in [0.05, 0.1) is 12.4 Å². The molecule has 0 spiro atoms. The lowest BCUT2D eigenvalue weighted by atomic mass is 10.5. The molecule has 2 heterocycles. The van der Waals surface area contributed by atoms with Crippen LogP contribution in [0.1, 0.15) is 0 Å². The fourth-order valence-electron chi connectivity index (χ4n) is 0.837. The smallest absolute Gasteiger partial charge is 0.175 e. The van der Waals surface area contributed by atoms with E-state index in [1.54, 1.807) is 18.6 Å². The molecule has 0 atom stereocenters. The van der Waals surface area contributed by atoms with Gasteiger partial charge in [-0.1, -0.05) is 0 Å². The van der Waals surface area contributed by atoms with Crippen LogP contribution < -0.4 is 0 Å². The molecule has 0 aromatic carbocycles. The average molecular weight is 272 g/mol. The fourth-order valence-corrected chi connectivity index (χ4v) is 1.28. The highest BCUT2D eigenvalue weighted by Gasteiger charge is 1.97. The summed E-state index contributed by atoms with van der Waals surface area (Å²) in [6.07, 6.45) is 4.99. The molecule has 0 amide bonds. The second-order valence-corrected chi connectivity index (χ2v) is 3.40. The van der Waals surface area contributed by atoms with Gasteiger partial charge in [-0.3, -0.25) is 0 Å². The van der Waals surface area contributed by atoms with Crippen molar-refractivity contribution in [2.24, 2.45) is 0 Å². The van der Waals surface area contributed by atoms with E-state index >= 15 is 0 Å². The molecular formula is C7H5IN4. The first kappa shape index (κ1) is 7.66. The van der Waals surface area contributed by atoms with E-state index in [-0.39, 0.29) is 0 Å². The van der Waals surface area contributed by atoms with Crippen LogP contribution in [0.2, 0.25) is 0 Å². The zero-order valence-electron chi connectivity index (χ0n) is 6.05. The molecule has 0 saturated heterocycles. The maximum absolute atomic E-state index is 4.12. The van der Waals surface area contributed by atoms with Gasteiger partial charge in [0.25, 0.3) is 0 Å². The number of rotatable bonds is 1. The summed E-state index contributed by atoms with van der Waals surface area (Å²) in [6, 6.07) is 3.84. The molecule has 0 aliphatic carbocycles. The molecule has 4 nitrogen and oxygen atoms in total. The molecule has 0 aliphatic rings. The van der Waals surface area contributed by atoms with Crippen molar-refractivity contribution in [2.75, 3.05) is 0 Å². The Morgan fingerprint density at radius 3 is 2.58 bits per heavy atom.